The zero-order valence-corrected chi connectivity index (χ0v) is 10.7. The molecule has 0 aromatic heterocycles. The molecule has 3 heteroatoms. The van der Waals surface area contributed by atoms with Crippen LogP contribution in [0.25, 0.3) is 0 Å². The van der Waals surface area contributed by atoms with Crippen molar-refractivity contribution in [2.24, 2.45) is 0 Å². The van der Waals surface area contributed by atoms with E-state index in [0.717, 1.165) is 12.1 Å². The molecule has 2 heterocycles. The number of hydrogen-bond acceptors (Lipinski definition) is 3. The van der Waals surface area contributed by atoms with Crippen LogP contribution in [0.3, 0.4) is 0 Å². The van der Waals surface area contributed by atoms with Gasteiger partial charge in [0.15, 0.2) is 0 Å². The number of likely N-dealkylation sites (tertiary alicyclic amines) is 1. The zero-order chi connectivity index (χ0) is 10.5. The van der Waals surface area contributed by atoms with Crippen molar-refractivity contribution in [3.63, 3.8) is 0 Å². The molecule has 2 saturated heterocycles. The number of thioether (sulfide) groups is 1. The predicted octanol–water partition coefficient (Wildman–Crippen LogP) is 1.96. The highest BCUT2D eigenvalue weighted by Crippen LogP contribution is 2.17. The Morgan fingerprint density at radius 2 is 2.13 bits per heavy atom. The van der Waals surface area contributed by atoms with E-state index in [1.165, 1.54) is 56.8 Å². The fourth-order valence-corrected chi connectivity index (χ4v) is 3.66. The lowest BCUT2D eigenvalue weighted by atomic mass is 10.1. The van der Waals surface area contributed by atoms with E-state index in [-0.39, 0.29) is 0 Å². The maximum absolute atomic E-state index is 3.74. The second kappa shape index (κ2) is 6.12. The third kappa shape index (κ3) is 3.65. The Morgan fingerprint density at radius 1 is 1.33 bits per heavy atom. The van der Waals surface area contributed by atoms with E-state index >= 15 is 0 Å². The van der Waals surface area contributed by atoms with E-state index in [4.69, 9.17) is 0 Å². The van der Waals surface area contributed by atoms with Gasteiger partial charge in [-0.3, -0.25) is 4.90 Å². The first-order valence-corrected chi connectivity index (χ1v) is 7.57. The van der Waals surface area contributed by atoms with Crippen LogP contribution in [-0.4, -0.2) is 48.1 Å². The van der Waals surface area contributed by atoms with Gasteiger partial charge in [-0.2, -0.15) is 11.8 Å². The van der Waals surface area contributed by atoms with Gasteiger partial charge in [0.25, 0.3) is 0 Å². The summed E-state index contributed by atoms with van der Waals surface area (Å²) in [5, 5.41) is 3.74. The molecule has 0 saturated carbocycles. The molecule has 2 fully saturated rings. The van der Waals surface area contributed by atoms with E-state index in [9.17, 15) is 0 Å². The van der Waals surface area contributed by atoms with Gasteiger partial charge in [0.1, 0.15) is 0 Å². The highest BCUT2D eigenvalue weighted by Gasteiger charge is 2.19. The normalized spacial score (nSPS) is 30.6. The van der Waals surface area contributed by atoms with Crippen LogP contribution < -0.4 is 5.32 Å². The average Bonchev–Trinajstić information content (AvgIpc) is 2.81. The Balaban J connectivity index is 1.63. The Morgan fingerprint density at radius 3 is 2.80 bits per heavy atom. The Kier molecular flexibility index (Phi) is 4.79. The van der Waals surface area contributed by atoms with Crippen LogP contribution in [0.1, 0.15) is 32.6 Å². The van der Waals surface area contributed by atoms with Gasteiger partial charge in [-0.1, -0.05) is 0 Å². The summed E-state index contributed by atoms with van der Waals surface area (Å²) in [6.45, 7) is 6.20. The minimum Gasteiger partial charge on any atom is -0.312 e. The summed E-state index contributed by atoms with van der Waals surface area (Å²) in [5.74, 6) is 2.70. The van der Waals surface area contributed by atoms with Gasteiger partial charge in [-0.15, -0.1) is 0 Å². The van der Waals surface area contributed by atoms with E-state index in [1.54, 1.807) is 0 Å². The van der Waals surface area contributed by atoms with Crippen molar-refractivity contribution in [1.29, 1.82) is 0 Å². The van der Waals surface area contributed by atoms with Crippen LogP contribution in [0.2, 0.25) is 0 Å². The van der Waals surface area contributed by atoms with Crippen molar-refractivity contribution in [2.75, 3.05) is 31.1 Å². The lowest BCUT2D eigenvalue weighted by molar-refractivity contribution is 0.246. The van der Waals surface area contributed by atoms with Gasteiger partial charge in [0.2, 0.25) is 0 Å². The summed E-state index contributed by atoms with van der Waals surface area (Å²) < 4.78 is 0. The van der Waals surface area contributed by atoms with Crippen molar-refractivity contribution >= 4 is 11.8 Å². The predicted molar refractivity (Wildman–Crippen MR) is 68.6 cm³/mol. The molecule has 2 unspecified atom stereocenters. The minimum absolute atomic E-state index is 0.736. The molecule has 15 heavy (non-hydrogen) atoms. The Labute approximate surface area is 98.2 Å². The van der Waals surface area contributed by atoms with Crippen molar-refractivity contribution in [1.82, 2.24) is 10.2 Å². The molecule has 0 bridgehead atoms. The first-order chi connectivity index (χ1) is 7.36. The van der Waals surface area contributed by atoms with E-state index in [0.29, 0.717) is 0 Å². The maximum atomic E-state index is 3.74. The summed E-state index contributed by atoms with van der Waals surface area (Å²) in [4.78, 5) is 2.63. The molecule has 88 valence electrons. The fraction of sp³-hybridized carbons (Fsp3) is 1.00. The van der Waals surface area contributed by atoms with Gasteiger partial charge < -0.3 is 5.32 Å². The molecular formula is C12H24N2S. The Hall–Kier alpha value is 0.270. The van der Waals surface area contributed by atoms with Gasteiger partial charge in [-0.25, -0.2) is 0 Å². The van der Waals surface area contributed by atoms with Gasteiger partial charge >= 0.3 is 0 Å². The quantitative estimate of drug-likeness (QED) is 0.792. The molecule has 1 N–H and O–H groups in total. The van der Waals surface area contributed by atoms with Crippen LogP contribution >= 0.6 is 11.8 Å². The van der Waals surface area contributed by atoms with Crippen molar-refractivity contribution in [3.8, 4) is 0 Å². The molecule has 2 aliphatic heterocycles. The number of rotatable bonds is 4. The average molecular weight is 228 g/mol. The molecular weight excluding hydrogens is 204 g/mol. The van der Waals surface area contributed by atoms with Crippen molar-refractivity contribution < 1.29 is 0 Å². The van der Waals surface area contributed by atoms with E-state index in [1.807, 2.05) is 0 Å². The fourth-order valence-electron chi connectivity index (χ4n) is 2.55. The lowest BCUT2D eigenvalue weighted by Crippen LogP contribution is -2.43. The molecule has 0 aliphatic carbocycles. The van der Waals surface area contributed by atoms with E-state index < -0.39 is 0 Å². The third-order valence-corrected chi connectivity index (χ3v) is 4.84. The first-order valence-electron chi connectivity index (χ1n) is 6.41. The molecule has 0 aromatic rings. The van der Waals surface area contributed by atoms with Gasteiger partial charge in [0.05, 0.1) is 0 Å². The van der Waals surface area contributed by atoms with Crippen LogP contribution in [0, 0.1) is 0 Å². The molecule has 0 amide bonds. The smallest absolute Gasteiger partial charge is 0.0192 e. The number of hydrogen-bond donors (Lipinski definition) is 1. The molecule has 0 aromatic carbocycles. The number of nitrogens with one attached hydrogen (secondary N) is 1. The zero-order valence-electron chi connectivity index (χ0n) is 9.87. The highest BCUT2D eigenvalue weighted by molar-refractivity contribution is 7.99. The second-order valence-corrected chi connectivity index (χ2v) is 6.06. The van der Waals surface area contributed by atoms with Crippen molar-refractivity contribution in [2.45, 2.75) is 44.7 Å². The van der Waals surface area contributed by atoms with Crippen LogP contribution in [0.15, 0.2) is 0 Å². The summed E-state index contributed by atoms with van der Waals surface area (Å²) >= 11 is 2.11. The summed E-state index contributed by atoms with van der Waals surface area (Å²) in [5.41, 5.74) is 0. The van der Waals surface area contributed by atoms with Crippen LogP contribution in [-0.2, 0) is 0 Å². The molecule has 2 rings (SSSR count). The monoisotopic (exact) mass is 228 g/mol. The molecule has 0 radical (unpaired) electrons. The first kappa shape index (κ1) is 11.7. The third-order valence-electron chi connectivity index (χ3n) is 3.63. The topological polar surface area (TPSA) is 15.3 Å². The maximum Gasteiger partial charge on any atom is 0.0192 e. The summed E-state index contributed by atoms with van der Waals surface area (Å²) in [7, 11) is 0. The molecule has 2 nitrogen and oxygen atoms in total. The van der Waals surface area contributed by atoms with Crippen LogP contribution in [0.4, 0.5) is 0 Å². The summed E-state index contributed by atoms with van der Waals surface area (Å²) in [6.07, 6.45) is 5.60. The SMILES string of the molecule is CC(CNC1CCCSC1)N1CCCC1. The minimum atomic E-state index is 0.736. The van der Waals surface area contributed by atoms with Gasteiger partial charge in [0, 0.05) is 24.4 Å². The molecule has 2 atom stereocenters. The van der Waals surface area contributed by atoms with Crippen molar-refractivity contribution in [3.05, 3.63) is 0 Å². The highest BCUT2D eigenvalue weighted by atomic mass is 32.2. The molecule has 2 aliphatic rings. The second-order valence-electron chi connectivity index (χ2n) is 4.91. The number of nitrogens with zero attached hydrogens (tertiary/aromatic N) is 1. The molecule has 0 spiro atoms. The van der Waals surface area contributed by atoms with Crippen LogP contribution in [0.5, 0.6) is 0 Å². The Bertz CT molecular complexity index is 174. The lowest BCUT2D eigenvalue weighted by Gasteiger charge is -2.28. The standard InChI is InChI=1S/C12H24N2S/c1-11(14-6-2-3-7-14)9-13-12-5-4-8-15-10-12/h11-13H,2-10H2,1H3. The summed E-state index contributed by atoms with van der Waals surface area (Å²) in [6, 6.07) is 1.52. The largest absolute Gasteiger partial charge is 0.312 e. The van der Waals surface area contributed by atoms with E-state index in [2.05, 4.69) is 28.9 Å². The van der Waals surface area contributed by atoms with Gasteiger partial charge in [-0.05, 0) is 51.4 Å².